The summed E-state index contributed by atoms with van der Waals surface area (Å²) < 4.78 is 0. The molecular weight excluding hydrogens is 294 g/mol. The molecule has 24 heavy (non-hydrogen) atoms. The summed E-state index contributed by atoms with van der Waals surface area (Å²) in [7, 11) is 8.35. The van der Waals surface area contributed by atoms with Gasteiger partial charge in [-0.1, -0.05) is 48.5 Å². The molecule has 132 valence electrons. The summed E-state index contributed by atoms with van der Waals surface area (Å²) in [5.41, 5.74) is 2.62. The van der Waals surface area contributed by atoms with Crippen LogP contribution in [0.5, 0.6) is 0 Å². The van der Waals surface area contributed by atoms with Crippen LogP contribution in [-0.4, -0.2) is 57.6 Å². The number of likely N-dealkylation sites (N-methyl/N-ethyl adjacent to an activating group) is 2. The van der Waals surface area contributed by atoms with Crippen LogP contribution in [-0.2, 0) is 6.42 Å². The number of hydrogen-bond acceptors (Lipinski definition) is 3. The number of para-hydroxylation sites is 1. The van der Waals surface area contributed by atoms with Crippen molar-refractivity contribution in [1.29, 1.82) is 0 Å². The van der Waals surface area contributed by atoms with E-state index in [2.05, 4.69) is 97.9 Å². The average Bonchev–Trinajstić information content (AvgIpc) is 2.59. The van der Waals surface area contributed by atoms with E-state index in [4.69, 9.17) is 0 Å². The van der Waals surface area contributed by atoms with Crippen LogP contribution in [0.4, 0.5) is 5.69 Å². The SMILES string of the molecule is CN(C)CCN(C)C.c1ccc(CCCNc2ccccc2)cc1. The molecule has 0 aliphatic rings. The largest absolute Gasteiger partial charge is 0.385 e. The van der Waals surface area contributed by atoms with Crippen LogP contribution < -0.4 is 5.32 Å². The van der Waals surface area contributed by atoms with E-state index in [9.17, 15) is 0 Å². The molecule has 0 aromatic heterocycles. The minimum atomic E-state index is 1.03. The summed E-state index contributed by atoms with van der Waals surface area (Å²) in [6.45, 7) is 3.32. The van der Waals surface area contributed by atoms with E-state index >= 15 is 0 Å². The fourth-order valence-corrected chi connectivity index (χ4v) is 2.13. The van der Waals surface area contributed by atoms with Gasteiger partial charge >= 0.3 is 0 Å². The first-order valence-electron chi connectivity index (χ1n) is 8.70. The lowest BCUT2D eigenvalue weighted by Crippen LogP contribution is -2.25. The first-order valence-corrected chi connectivity index (χ1v) is 8.70. The second-order valence-electron chi connectivity index (χ2n) is 6.49. The number of hydrogen-bond donors (Lipinski definition) is 1. The lowest BCUT2D eigenvalue weighted by molar-refractivity contribution is 0.320. The Kier molecular flexibility index (Phi) is 10.6. The molecule has 2 rings (SSSR count). The zero-order valence-corrected chi connectivity index (χ0v) is 15.7. The van der Waals surface area contributed by atoms with Gasteiger partial charge in [-0.05, 0) is 58.7 Å². The molecule has 3 nitrogen and oxygen atoms in total. The third-order valence-corrected chi connectivity index (χ3v) is 3.58. The summed E-state index contributed by atoms with van der Waals surface area (Å²) in [6, 6.07) is 21.0. The molecule has 2 aromatic rings. The maximum absolute atomic E-state index is 3.41. The lowest BCUT2D eigenvalue weighted by atomic mass is 10.1. The molecule has 0 unspecified atom stereocenters. The molecule has 0 aliphatic heterocycles. The van der Waals surface area contributed by atoms with Gasteiger partial charge in [0, 0.05) is 25.3 Å². The molecule has 0 spiro atoms. The Morgan fingerprint density at radius 1 is 0.708 bits per heavy atom. The number of aryl methyl sites for hydroxylation is 1. The van der Waals surface area contributed by atoms with Gasteiger partial charge in [0.1, 0.15) is 0 Å². The van der Waals surface area contributed by atoms with E-state index in [1.165, 1.54) is 17.7 Å². The molecule has 0 radical (unpaired) electrons. The number of rotatable bonds is 8. The van der Waals surface area contributed by atoms with Crippen molar-refractivity contribution in [2.45, 2.75) is 12.8 Å². The second-order valence-corrected chi connectivity index (χ2v) is 6.49. The van der Waals surface area contributed by atoms with E-state index in [0.29, 0.717) is 0 Å². The van der Waals surface area contributed by atoms with Crippen molar-refractivity contribution in [3.05, 3.63) is 66.2 Å². The van der Waals surface area contributed by atoms with Gasteiger partial charge in [0.05, 0.1) is 0 Å². The summed E-state index contributed by atoms with van der Waals surface area (Å²) in [4.78, 5) is 4.36. The number of benzene rings is 2. The van der Waals surface area contributed by atoms with Crippen LogP contribution >= 0.6 is 0 Å². The fraction of sp³-hybridized carbons (Fsp3) is 0.429. The second kappa shape index (κ2) is 12.6. The summed E-state index contributed by atoms with van der Waals surface area (Å²) >= 11 is 0. The van der Waals surface area contributed by atoms with Crippen LogP contribution in [0.1, 0.15) is 12.0 Å². The van der Waals surface area contributed by atoms with E-state index in [1.807, 2.05) is 6.07 Å². The first-order chi connectivity index (χ1) is 11.6. The molecule has 3 heteroatoms. The van der Waals surface area contributed by atoms with Gasteiger partial charge in [-0.25, -0.2) is 0 Å². The Labute approximate surface area is 148 Å². The molecule has 0 atom stereocenters. The maximum Gasteiger partial charge on any atom is 0.0340 e. The highest BCUT2D eigenvalue weighted by molar-refractivity contribution is 5.42. The molecule has 0 saturated heterocycles. The Bertz CT molecular complexity index is 460. The Morgan fingerprint density at radius 2 is 1.21 bits per heavy atom. The van der Waals surface area contributed by atoms with Crippen LogP contribution in [0.3, 0.4) is 0 Å². The van der Waals surface area contributed by atoms with Crippen molar-refractivity contribution in [3.63, 3.8) is 0 Å². The normalized spacial score (nSPS) is 10.4. The van der Waals surface area contributed by atoms with Crippen LogP contribution in [0.25, 0.3) is 0 Å². The fourth-order valence-electron chi connectivity index (χ4n) is 2.13. The quantitative estimate of drug-likeness (QED) is 0.743. The van der Waals surface area contributed by atoms with Crippen molar-refractivity contribution in [2.24, 2.45) is 0 Å². The number of nitrogens with one attached hydrogen (secondary N) is 1. The minimum absolute atomic E-state index is 1.03. The zero-order chi connectivity index (χ0) is 17.6. The topological polar surface area (TPSA) is 18.5 Å². The first kappa shape index (κ1) is 20.2. The van der Waals surface area contributed by atoms with Gasteiger partial charge in [0.15, 0.2) is 0 Å². The number of nitrogens with zero attached hydrogens (tertiary/aromatic N) is 2. The molecule has 1 N–H and O–H groups in total. The highest BCUT2D eigenvalue weighted by Crippen LogP contribution is 2.06. The van der Waals surface area contributed by atoms with Gasteiger partial charge < -0.3 is 15.1 Å². The molecular formula is C21H33N3. The summed E-state index contributed by atoms with van der Waals surface area (Å²) in [6.07, 6.45) is 2.31. The third-order valence-electron chi connectivity index (χ3n) is 3.58. The van der Waals surface area contributed by atoms with Crippen molar-refractivity contribution in [3.8, 4) is 0 Å². The molecule has 2 aromatic carbocycles. The molecule has 0 saturated carbocycles. The van der Waals surface area contributed by atoms with Crippen molar-refractivity contribution in [2.75, 3.05) is 53.1 Å². The predicted molar refractivity (Wildman–Crippen MR) is 107 cm³/mol. The van der Waals surface area contributed by atoms with Crippen LogP contribution in [0, 0.1) is 0 Å². The average molecular weight is 328 g/mol. The standard InChI is InChI=1S/C15H17N.C6H16N2/c1-3-8-14(9-4-1)10-7-13-16-15-11-5-2-6-12-15;1-7(2)5-6-8(3)4/h1-6,8-9,11-12,16H,7,10,13H2;5-6H2,1-4H3. The van der Waals surface area contributed by atoms with Gasteiger partial charge in [-0.3, -0.25) is 0 Å². The Hall–Kier alpha value is -1.84. The molecule has 0 aliphatic carbocycles. The highest BCUT2D eigenvalue weighted by atomic mass is 15.1. The maximum atomic E-state index is 3.41. The zero-order valence-electron chi connectivity index (χ0n) is 15.7. The predicted octanol–water partition coefficient (Wildman–Crippen LogP) is 3.84. The van der Waals surface area contributed by atoms with E-state index in [0.717, 1.165) is 26.1 Å². The third kappa shape index (κ3) is 10.8. The summed E-state index contributed by atoms with van der Waals surface area (Å²) in [5, 5.41) is 3.41. The van der Waals surface area contributed by atoms with Crippen molar-refractivity contribution in [1.82, 2.24) is 9.80 Å². The van der Waals surface area contributed by atoms with Gasteiger partial charge in [-0.15, -0.1) is 0 Å². The minimum Gasteiger partial charge on any atom is -0.385 e. The Morgan fingerprint density at radius 3 is 1.71 bits per heavy atom. The van der Waals surface area contributed by atoms with E-state index < -0.39 is 0 Å². The van der Waals surface area contributed by atoms with Gasteiger partial charge in [0.2, 0.25) is 0 Å². The van der Waals surface area contributed by atoms with E-state index in [1.54, 1.807) is 0 Å². The molecule has 0 fully saturated rings. The monoisotopic (exact) mass is 327 g/mol. The number of anilines is 1. The van der Waals surface area contributed by atoms with Gasteiger partial charge in [0.25, 0.3) is 0 Å². The smallest absolute Gasteiger partial charge is 0.0340 e. The van der Waals surface area contributed by atoms with Crippen molar-refractivity contribution < 1.29 is 0 Å². The van der Waals surface area contributed by atoms with Gasteiger partial charge in [-0.2, -0.15) is 0 Å². The molecule has 0 heterocycles. The van der Waals surface area contributed by atoms with E-state index in [-0.39, 0.29) is 0 Å². The van der Waals surface area contributed by atoms with Crippen LogP contribution in [0.15, 0.2) is 60.7 Å². The Balaban J connectivity index is 0.000000307. The van der Waals surface area contributed by atoms with Crippen molar-refractivity contribution >= 4 is 5.69 Å². The molecule has 0 bridgehead atoms. The highest BCUT2D eigenvalue weighted by Gasteiger charge is 1.92. The van der Waals surface area contributed by atoms with Crippen LogP contribution in [0.2, 0.25) is 0 Å². The molecule has 0 amide bonds. The lowest BCUT2D eigenvalue weighted by Gasteiger charge is -2.13. The summed E-state index contributed by atoms with van der Waals surface area (Å²) in [5.74, 6) is 0.